The summed E-state index contributed by atoms with van der Waals surface area (Å²) in [6.07, 6.45) is 10.9. The van der Waals surface area contributed by atoms with Gasteiger partial charge in [-0.25, -0.2) is 15.0 Å². The molecule has 8 heteroatoms. The second-order valence-electron chi connectivity index (χ2n) is 6.83. The number of aromatic nitrogens is 6. The van der Waals surface area contributed by atoms with Crippen LogP contribution in [0, 0.1) is 0 Å². The van der Waals surface area contributed by atoms with Gasteiger partial charge in [-0.15, -0.1) is 11.3 Å². The summed E-state index contributed by atoms with van der Waals surface area (Å²) in [5.74, 6) is 1.42. The van der Waals surface area contributed by atoms with E-state index >= 15 is 0 Å². The molecule has 0 radical (unpaired) electrons. The Kier molecular flexibility index (Phi) is 4.33. The maximum absolute atomic E-state index is 5.67. The third kappa shape index (κ3) is 3.38. The molecule has 0 unspecified atom stereocenters. The molecule has 4 aromatic heterocycles. The predicted octanol–water partition coefficient (Wildman–Crippen LogP) is 4.52. The van der Waals surface area contributed by atoms with Crippen molar-refractivity contribution in [3.05, 3.63) is 67.0 Å². The number of benzene rings is 1. The van der Waals surface area contributed by atoms with E-state index in [9.17, 15) is 0 Å². The van der Waals surface area contributed by atoms with Crippen LogP contribution in [0.1, 0.15) is 13.8 Å². The molecule has 0 fully saturated rings. The van der Waals surface area contributed by atoms with E-state index in [0.717, 1.165) is 33.1 Å². The number of thiazole rings is 1. The highest BCUT2D eigenvalue weighted by Gasteiger charge is 2.11. The molecule has 5 aromatic rings. The molecule has 0 saturated carbocycles. The van der Waals surface area contributed by atoms with Gasteiger partial charge in [-0.2, -0.15) is 0 Å². The van der Waals surface area contributed by atoms with Crippen LogP contribution in [0.15, 0.2) is 67.0 Å². The predicted molar refractivity (Wildman–Crippen MR) is 113 cm³/mol. The lowest BCUT2D eigenvalue weighted by atomic mass is 10.1. The fraction of sp³-hybridized carbons (Fsp3) is 0.143. The van der Waals surface area contributed by atoms with Crippen LogP contribution in [0.4, 0.5) is 0 Å². The Labute approximate surface area is 171 Å². The molecule has 7 nitrogen and oxygen atoms in total. The van der Waals surface area contributed by atoms with E-state index in [2.05, 4.69) is 37.7 Å². The Morgan fingerprint density at radius 2 is 1.97 bits per heavy atom. The molecule has 0 bridgehead atoms. The lowest BCUT2D eigenvalue weighted by Crippen LogP contribution is -2.07. The quantitative estimate of drug-likeness (QED) is 0.432. The van der Waals surface area contributed by atoms with Crippen LogP contribution in [0.5, 0.6) is 5.88 Å². The smallest absolute Gasteiger partial charge is 0.233 e. The summed E-state index contributed by atoms with van der Waals surface area (Å²) in [4.78, 5) is 17.7. The summed E-state index contributed by atoms with van der Waals surface area (Å²) >= 11 is 1.58. The van der Waals surface area contributed by atoms with Crippen LogP contribution >= 0.6 is 11.3 Å². The lowest BCUT2D eigenvalue weighted by Gasteiger charge is -2.09. The number of ether oxygens (including phenoxy) is 1. The standard InChI is InChI=1S/C21H18N6OS/c1-14(2)28-20-11-23-10-17(24-20)15-3-4-18-16(9-15)5-7-27(18)19-12-29-21(25-19)26-8-6-22-13-26/h3-14H,1-2H3. The fourth-order valence-corrected chi connectivity index (χ4v) is 3.90. The SMILES string of the molecule is CC(C)Oc1cncc(-c2ccc3c(ccn3-c3csc(-n4ccnc4)n3)c2)n1. The van der Waals surface area contributed by atoms with Crippen molar-refractivity contribution in [3.63, 3.8) is 0 Å². The zero-order valence-electron chi connectivity index (χ0n) is 15.9. The summed E-state index contributed by atoms with van der Waals surface area (Å²) in [6, 6.07) is 8.32. The minimum absolute atomic E-state index is 0.0568. The highest BCUT2D eigenvalue weighted by Crippen LogP contribution is 2.27. The Bertz CT molecular complexity index is 1270. The minimum atomic E-state index is 0.0568. The first-order valence-corrected chi connectivity index (χ1v) is 10.1. The maximum atomic E-state index is 5.67. The molecular formula is C21H18N6OS. The molecule has 5 rings (SSSR count). The van der Waals surface area contributed by atoms with Gasteiger partial charge in [0.2, 0.25) is 5.88 Å². The number of nitrogens with zero attached hydrogens (tertiary/aromatic N) is 6. The first-order chi connectivity index (χ1) is 14.2. The zero-order chi connectivity index (χ0) is 19.8. The molecule has 0 aliphatic rings. The highest BCUT2D eigenvalue weighted by molar-refractivity contribution is 7.12. The minimum Gasteiger partial charge on any atom is -0.474 e. The number of imidazole rings is 1. The summed E-state index contributed by atoms with van der Waals surface area (Å²) in [5, 5.41) is 4.03. The van der Waals surface area contributed by atoms with Gasteiger partial charge in [0.25, 0.3) is 0 Å². The number of hydrogen-bond donors (Lipinski definition) is 0. The van der Waals surface area contributed by atoms with Gasteiger partial charge >= 0.3 is 0 Å². The van der Waals surface area contributed by atoms with Crippen molar-refractivity contribution in [2.24, 2.45) is 0 Å². The van der Waals surface area contributed by atoms with Gasteiger partial charge in [0.05, 0.1) is 29.7 Å². The molecule has 1 aromatic carbocycles. The van der Waals surface area contributed by atoms with Gasteiger partial charge in [-0.3, -0.25) is 9.55 Å². The van der Waals surface area contributed by atoms with Crippen LogP contribution in [0.2, 0.25) is 0 Å². The van der Waals surface area contributed by atoms with Crippen molar-refractivity contribution < 1.29 is 4.74 Å². The van der Waals surface area contributed by atoms with Crippen molar-refractivity contribution in [1.29, 1.82) is 0 Å². The van der Waals surface area contributed by atoms with E-state index in [1.54, 1.807) is 36.3 Å². The van der Waals surface area contributed by atoms with Gasteiger partial charge < -0.3 is 9.30 Å². The maximum Gasteiger partial charge on any atom is 0.233 e. The Morgan fingerprint density at radius 1 is 1.03 bits per heavy atom. The third-order valence-electron chi connectivity index (χ3n) is 4.41. The molecule has 0 aliphatic heterocycles. The van der Waals surface area contributed by atoms with E-state index in [-0.39, 0.29) is 6.10 Å². The van der Waals surface area contributed by atoms with Crippen molar-refractivity contribution in [2.45, 2.75) is 20.0 Å². The van der Waals surface area contributed by atoms with Crippen molar-refractivity contribution >= 4 is 22.2 Å². The number of rotatable bonds is 5. The normalized spacial score (nSPS) is 11.4. The molecule has 4 heterocycles. The van der Waals surface area contributed by atoms with Gasteiger partial charge in [0.15, 0.2) is 10.9 Å². The average molecular weight is 402 g/mol. The largest absolute Gasteiger partial charge is 0.474 e. The Hall–Kier alpha value is -3.52. The summed E-state index contributed by atoms with van der Waals surface area (Å²) < 4.78 is 9.66. The molecule has 29 heavy (non-hydrogen) atoms. The first kappa shape index (κ1) is 17.6. The van der Waals surface area contributed by atoms with E-state index in [1.807, 2.05) is 42.3 Å². The topological polar surface area (TPSA) is 70.7 Å². The van der Waals surface area contributed by atoms with Gasteiger partial charge in [0, 0.05) is 34.9 Å². The van der Waals surface area contributed by atoms with Gasteiger partial charge in [0.1, 0.15) is 6.33 Å². The zero-order valence-corrected chi connectivity index (χ0v) is 16.7. The first-order valence-electron chi connectivity index (χ1n) is 9.22. The molecule has 0 amide bonds. The summed E-state index contributed by atoms with van der Waals surface area (Å²) in [6.45, 7) is 3.94. The van der Waals surface area contributed by atoms with Crippen LogP contribution in [-0.2, 0) is 0 Å². The van der Waals surface area contributed by atoms with Crippen LogP contribution < -0.4 is 4.74 Å². The fourth-order valence-electron chi connectivity index (χ4n) is 3.14. The van der Waals surface area contributed by atoms with E-state index < -0.39 is 0 Å². The Morgan fingerprint density at radius 3 is 2.79 bits per heavy atom. The van der Waals surface area contributed by atoms with E-state index in [4.69, 9.17) is 9.72 Å². The third-order valence-corrected chi connectivity index (χ3v) is 5.25. The van der Waals surface area contributed by atoms with Crippen LogP contribution in [0.3, 0.4) is 0 Å². The van der Waals surface area contributed by atoms with Gasteiger partial charge in [-0.1, -0.05) is 6.07 Å². The van der Waals surface area contributed by atoms with Crippen molar-refractivity contribution in [2.75, 3.05) is 0 Å². The van der Waals surface area contributed by atoms with Crippen LogP contribution in [0.25, 0.3) is 33.1 Å². The molecule has 0 spiro atoms. The molecule has 0 atom stereocenters. The lowest BCUT2D eigenvalue weighted by molar-refractivity contribution is 0.232. The molecule has 0 aliphatic carbocycles. The second-order valence-corrected chi connectivity index (χ2v) is 7.66. The van der Waals surface area contributed by atoms with E-state index in [1.165, 1.54) is 0 Å². The van der Waals surface area contributed by atoms with Crippen LogP contribution in [-0.4, -0.2) is 35.2 Å². The summed E-state index contributed by atoms with van der Waals surface area (Å²) in [5.41, 5.74) is 2.86. The molecular weight excluding hydrogens is 384 g/mol. The Balaban J connectivity index is 1.49. The van der Waals surface area contributed by atoms with Gasteiger partial charge in [-0.05, 0) is 32.0 Å². The molecule has 0 N–H and O–H groups in total. The molecule has 144 valence electrons. The second kappa shape index (κ2) is 7.14. The number of hydrogen-bond acceptors (Lipinski definition) is 6. The average Bonchev–Trinajstić information content (AvgIpc) is 3.46. The van der Waals surface area contributed by atoms with Crippen molar-refractivity contribution in [1.82, 2.24) is 29.1 Å². The highest BCUT2D eigenvalue weighted by atomic mass is 32.1. The molecule has 0 saturated heterocycles. The van der Waals surface area contributed by atoms with Crippen molar-refractivity contribution in [3.8, 4) is 28.1 Å². The number of fused-ring (bicyclic) bond motifs is 1. The summed E-state index contributed by atoms with van der Waals surface area (Å²) in [7, 11) is 0. The monoisotopic (exact) mass is 402 g/mol. The van der Waals surface area contributed by atoms with E-state index in [0.29, 0.717) is 5.88 Å².